The summed E-state index contributed by atoms with van der Waals surface area (Å²) in [7, 11) is -4.21. The molecule has 1 aliphatic rings. The van der Waals surface area contributed by atoms with Gasteiger partial charge in [0.1, 0.15) is 0 Å². The SMILES string of the molecule is CC1NC(O)NC(=O)C1S(=O)(=O)Nc1ccc(F)c(F)c1. The Morgan fingerprint density at radius 3 is 2.52 bits per heavy atom. The Kier molecular flexibility index (Phi) is 4.12. The zero-order valence-corrected chi connectivity index (χ0v) is 11.6. The Morgan fingerprint density at radius 1 is 1.29 bits per heavy atom. The Labute approximate surface area is 119 Å². The van der Waals surface area contributed by atoms with Gasteiger partial charge in [-0.25, -0.2) is 17.2 Å². The molecule has 2 rings (SSSR count). The van der Waals surface area contributed by atoms with Crippen molar-refractivity contribution in [3.8, 4) is 0 Å². The van der Waals surface area contributed by atoms with E-state index in [1.807, 2.05) is 10.0 Å². The number of amides is 1. The lowest BCUT2D eigenvalue weighted by atomic mass is 10.2. The van der Waals surface area contributed by atoms with Crippen LogP contribution in [0, 0.1) is 11.6 Å². The molecule has 21 heavy (non-hydrogen) atoms. The van der Waals surface area contributed by atoms with Crippen molar-refractivity contribution in [1.29, 1.82) is 0 Å². The van der Waals surface area contributed by atoms with Gasteiger partial charge in [-0.15, -0.1) is 0 Å². The number of sulfonamides is 1. The van der Waals surface area contributed by atoms with Crippen LogP contribution in [-0.4, -0.2) is 37.1 Å². The summed E-state index contributed by atoms with van der Waals surface area (Å²) < 4.78 is 52.2. The molecule has 10 heteroatoms. The fourth-order valence-corrected chi connectivity index (χ4v) is 3.57. The van der Waals surface area contributed by atoms with Gasteiger partial charge in [0.05, 0.1) is 5.69 Å². The fourth-order valence-electron chi connectivity index (χ4n) is 2.02. The highest BCUT2D eigenvalue weighted by molar-refractivity contribution is 7.94. The van der Waals surface area contributed by atoms with Gasteiger partial charge in [-0.3, -0.25) is 14.8 Å². The van der Waals surface area contributed by atoms with E-state index < -0.39 is 45.2 Å². The third-order valence-corrected chi connectivity index (χ3v) is 4.74. The third-order valence-electron chi connectivity index (χ3n) is 2.93. The average Bonchev–Trinajstić information content (AvgIpc) is 2.31. The average molecular weight is 321 g/mol. The topological polar surface area (TPSA) is 108 Å². The number of hydrogen-bond acceptors (Lipinski definition) is 5. The second kappa shape index (κ2) is 5.54. The van der Waals surface area contributed by atoms with Crippen molar-refractivity contribution in [2.45, 2.75) is 24.6 Å². The minimum absolute atomic E-state index is 0.208. The summed E-state index contributed by atoms with van der Waals surface area (Å²) in [4.78, 5) is 11.7. The second-order valence-electron chi connectivity index (χ2n) is 4.56. The van der Waals surface area contributed by atoms with Crippen molar-refractivity contribution in [1.82, 2.24) is 10.6 Å². The minimum atomic E-state index is -4.21. The van der Waals surface area contributed by atoms with Crippen molar-refractivity contribution in [3.05, 3.63) is 29.8 Å². The maximum absolute atomic E-state index is 13.1. The normalized spacial score (nSPS) is 26.3. The predicted octanol–water partition coefficient (Wildman–Crippen LogP) is -0.541. The molecule has 1 heterocycles. The Morgan fingerprint density at radius 2 is 1.95 bits per heavy atom. The molecule has 1 fully saturated rings. The largest absolute Gasteiger partial charge is 0.361 e. The van der Waals surface area contributed by atoms with Gasteiger partial charge in [0.15, 0.2) is 23.2 Å². The first kappa shape index (κ1) is 15.6. The Balaban J connectivity index is 2.25. The van der Waals surface area contributed by atoms with E-state index in [2.05, 4.69) is 5.32 Å². The van der Waals surface area contributed by atoms with Gasteiger partial charge in [0.2, 0.25) is 15.9 Å². The van der Waals surface area contributed by atoms with Gasteiger partial charge < -0.3 is 10.4 Å². The van der Waals surface area contributed by atoms with Gasteiger partial charge in [-0.1, -0.05) is 0 Å². The predicted molar refractivity (Wildman–Crippen MR) is 69.4 cm³/mol. The summed E-state index contributed by atoms with van der Waals surface area (Å²) in [5.41, 5.74) is -0.208. The molecule has 0 radical (unpaired) electrons. The van der Waals surface area contributed by atoms with Crippen LogP contribution in [0.15, 0.2) is 18.2 Å². The number of halogens is 2. The number of benzene rings is 1. The van der Waals surface area contributed by atoms with Gasteiger partial charge in [0.25, 0.3) is 0 Å². The highest BCUT2D eigenvalue weighted by Gasteiger charge is 2.42. The van der Waals surface area contributed by atoms with E-state index in [-0.39, 0.29) is 5.69 Å². The Hall–Kier alpha value is -1.78. The standard InChI is InChI=1S/C11H13F2N3O4S/c1-5-9(10(17)15-11(18)14-5)21(19,20)16-6-2-3-7(12)8(13)4-6/h2-5,9,11,14,16,18H,1H3,(H,15,17). The number of carbonyl (C=O) groups is 1. The lowest BCUT2D eigenvalue weighted by Gasteiger charge is -2.32. The fraction of sp³-hybridized carbons (Fsp3) is 0.364. The summed E-state index contributed by atoms with van der Waals surface area (Å²) in [6.07, 6.45) is -1.35. The van der Waals surface area contributed by atoms with Crippen molar-refractivity contribution in [3.63, 3.8) is 0 Å². The lowest BCUT2D eigenvalue weighted by molar-refractivity contribution is -0.127. The van der Waals surface area contributed by atoms with E-state index in [9.17, 15) is 27.1 Å². The van der Waals surface area contributed by atoms with E-state index in [4.69, 9.17) is 0 Å². The summed E-state index contributed by atoms with van der Waals surface area (Å²) >= 11 is 0. The number of aliphatic hydroxyl groups excluding tert-OH is 1. The van der Waals surface area contributed by atoms with E-state index in [1.54, 1.807) is 0 Å². The zero-order chi connectivity index (χ0) is 15.8. The molecule has 4 N–H and O–H groups in total. The molecule has 1 amide bonds. The first-order valence-corrected chi connectivity index (χ1v) is 7.46. The van der Waals surface area contributed by atoms with Crippen LogP contribution >= 0.6 is 0 Å². The first-order valence-electron chi connectivity index (χ1n) is 5.92. The third kappa shape index (κ3) is 3.28. The molecule has 1 aromatic carbocycles. The summed E-state index contributed by atoms with van der Waals surface area (Å²) in [6.45, 7) is 1.40. The zero-order valence-electron chi connectivity index (χ0n) is 10.8. The van der Waals surface area contributed by atoms with Crippen LogP contribution in [0.1, 0.15) is 6.92 Å². The number of carbonyl (C=O) groups excluding carboxylic acids is 1. The molecule has 3 atom stereocenters. The molecule has 1 saturated heterocycles. The summed E-state index contributed by atoms with van der Waals surface area (Å²) in [6, 6.07) is 1.58. The van der Waals surface area contributed by atoms with Crippen LogP contribution in [0.5, 0.6) is 0 Å². The number of nitrogens with one attached hydrogen (secondary N) is 3. The van der Waals surface area contributed by atoms with Crippen molar-refractivity contribution in [2.24, 2.45) is 0 Å². The highest BCUT2D eigenvalue weighted by Crippen LogP contribution is 2.18. The molecule has 116 valence electrons. The number of rotatable bonds is 3. The number of hydrogen-bond donors (Lipinski definition) is 4. The van der Waals surface area contributed by atoms with Crippen molar-refractivity contribution >= 4 is 21.6 Å². The van der Waals surface area contributed by atoms with Gasteiger partial charge in [-0.2, -0.15) is 0 Å². The molecule has 0 spiro atoms. The molecule has 0 saturated carbocycles. The van der Waals surface area contributed by atoms with Crippen LogP contribution in [0.4, 0.5) is 14.5 Å². The van der Waals surface area contributed by atoms with Gasteiger partial charge >= 0.3 is 0 Å². The molecule has 0 bridgehead atoms. The highest BCUT2D eigenvalue weighted by atomic mass is 32.2. The minimum Gasteiger partial charge on any atom is -0.361 e. The van der Waals surface area contributed by atoms with Crippen LogP contribution in [0.3, 0.4) is 0 Å². The van der Waals surface area contributed by atoms with Crippen LogP contribution in [0.25, 0.3) is 0 Å². The molecule has 1 aliphatic heterocycles. The van der Waals surface area contributed by atoms with Gasteiger partial charge in [0, 0.05) is 12.1 Å². The van der Waals surface area contributed by atoms with E-state index in [0.29, 0.717) is 6.07 Å². The monoisotopic (exact) mass is 321 g/mol. The molecular formula is C11H13F2N3O4S. The molecular weight excluding hydrogens is 308 g/mol. The van der Waals surface area contributed by atoms with E-state index in [1.165, 1.54) is 6.92 Å². The molecule has 1 aromatic rings. The number of aliphatic hydroxyl groups is 1. The van der Waals surface area contributed by atoms with Crippen LogP contribution in [-0.2, 0) is 14.8 Å². The van der Waals surface area contributed by atoms with E-state index >= 15 is 0 Å². The molecule has 0 aliphatic carbocycles. The van der Waals surface area contributed by atoms with Crippen LogP contribution in [0.2, 0.25) is 0 Å². The summed E-state index contributed by atoms with van der Waals surface area (Å²) in [5.74, 6) is -3.24. The molecule has 0 aromatic heterocycles. The van der Waals surface area contributed by atoms with Crippen molar-refractivity contribution in [2.75, 3.05) is 4.72 Å². The first-order chi connectivity index (χ1) is 9.70. The quantitative estimate of drug-likeness (QED) is 0.598. The maximum Gasteiger partial charge on any atom is 0.246 e. The maximum atomic E-state index is 13.1. The van der Waals surface area contributed by atoms with E-state index in [0.717, 1.165) is 12.1 Å². The van der Waals surface area contributed by atoms with Gasteiger partial charge in [-0.05, 0) is 19.1 Å². The molecule has 7 nitrogen and oxygen atoms in total. The lowest BCUT2D eigenvalue weighted by Crippen LogP contribution is -2.65. The second-order valence-corrected chi connectivity index (χ2v) is 6.37. The van der Waals surface area contributed by atoms with Crippen LogP contribution < -0.4 is 15.4 Å². The summed E-state index contributed by atoms with van der Waals surface area (Å²) in [5, 5.41) is 12.2. The molecule has 3 unspecified atom stereocenters. The van der Waals surface area contributed by atoms with Crippen molar-refractivity contribution < 1.29 is 27.1 Å². The Bertz CT molecular complexity index is 667. The smallest absolute Gasteiger partial charge is 0.246 e. The number of anilines is 1.